The van der Waals surface area contributed by atoms with Crippen LogP contribution in [-0.4, -0.2) is 35.5 Å². The molecule has 0 bridgehead atoms. The number of aliphatic hydroxyl groups excluding tert-OH is 1. The molecule has 1 aliphatic rings. The number of rotatable bonds is 7. The van der Waals surface area contributed by atoms with Crippen LogP contribution in [0.5, 0.6) is 0 Å². The van der Waals surface area contributed by atoms with Crippen molar-refractivity contribution in [1.29, 1.82) is 0 Å². The first-order valence-electron chi connectivity index (χ1n) is 8.05. The van der Waals surface area contributed by atoms with E-state index in [0.29, 0.717) is 19.8 Å². The normalized spacial score (nSPS) is 21.6. The van der Waals surface area contributed by atoms with Gasteiger partial charge in [0.15, 0.2) is 0 Å². The fourth-order valence-corrected chi connectivity index (χ4v) is 2.82. The van der Waals surface area contributed by atoms with E-state index in [0.717, 1.165) is 6.42 Å². The summed E-state index contributed by atoms with van der Waals surface area (Å²) < 4.78 is 5.86. The average molecular weight is 313 g/mol. The Labute approximate surface area is 137 Å². The molecular weight excluding hydrogens is 290 g/mol. The number of aliphatic hydroxyl groups is 1. The van der Waals surface area contributed by atoms with Crippen LogP contribution in [0.3, 0.4) is 0 Å². The van der Waals surface area contributed by atoms with Crippen LogP contribution in [0.2, 0.25) is 0 Å². The van der Waals surface area contributed by atoms with Crippen LogP contribution in [-0.2, 0) is 22.7 Å². The van der Waals surface area contributed by atoms with E-state index in [1.165, 1.54) is 11.1 Å². The van der Waals surface area contributed by atoms with Crippen LogP contribution in [0.1, 0.15) is 17.5 Å². The van der Waals surface area contributed by atoms with E-state index < -0.39 is 0 Å². The largest absolute Gasteiger partial charge is 0.394 e. The number of hydroxylamine groups is 2. The van der Waals surface area contributed by atoms with Crippen molar-refractivity contribution in [3.8, 4) is 0 Å². The van der Waals surface area contributed by atoms with Crippen molar-refractivity contribution >= 4 is 0 Å². The van der Waals surface area contributed by atoms with E-state index in [1.54, 1.807) is 0 Å². The topological polar surface area (TPSA) is 41.9 Å². The summed E-state index contributed by atoms with van der Waals surface area (Å²) in [6, 6.07) is 20.5. The third kappa shape index (κ3) is 4.62. The Balaban J connectivity index is 1.54. The molecule has 2 aromatic carbocycles. The highest BCUT2D eigenvalue weighted by molar-refractivity contribution is 5.15. The maximum Gasteiger partial charge on any atom is 0.104 e. The van der Waals surface area contributed by atoms with Crippen molar-refractivity contribution in [2.45, 2.75) is 31.7 Å². The summed E-state index contributed by atoms with van der Waals surface area (Å²) in [6.07, 6.45) is 0.655. The van der Waals surface area contributed by atoms with Crippen molar-refractivity contribution in [1.82, 2.24) is 5.06 Å². The molecule has 4 nitrogen and oxygen atoms in total. The smallest absolute Gasteiger partial charge is 0.104 e. The summed E-state index contributed by atoms with van der Waals surface area (Å²) in [6.45, 7) is 1.94. The van der Waals surface area contributed by atoms with Gasteiger partial charge >= 0.3 is 0 Å². The summed E-state index contributed by atoms with van der Waals surface area (Å²) in [7, 11) is 0. The van der Waals surface area contributed by atoms with E-state index in [2.05, 4.69) is 24.3 Å². The number of benzene rings is 2. The lowest BCUT2D eigenvalue weighted by atomic mass is 10.1. The summed E-state index contributed by atoms with van der Waals surface area (Å²) >= 11 is 0. The van der Waals surface area contributed by atoms with E-state index >= 15 is 0 Å². The zero-order chi connectivity index (χ0) is 15.9. The third-order valence-electron chi connectivity index (χ3n) is 4.03. The molecule has 0 aromatic heterocycles. The first-order chi connectivity index (χ1) is 11.3. The summed E-state index contributed by atoms with van der Waals surface area (Å²) in [5.74, 6) is 0. The monoisotopic (exact) mass is 313 g/mol. The highest BCUT2D eigenvalue weighted by Gasteiger charge is 2.33. The first kappa shape index (κ1) is 16.1. The molecule has 122 valence electrons. The zero-order valence-electron chi connectivity index (χ0n) is 13.2. The van der Waals surface area contributed by atoms with Crippen LogP contribution in [0.25, 0.3) is 0 Å². The molecule has 1 N–H and O–H groups in total. The minimum Gasteiger partial charge on any atom is -0.394 e. The average Bonchev–Trinajstić information content (AvgIpc) is 2.99. The van der Waals surface area contributed by atoms with Crippen molar-refractivity contribution in [3.63, 3.8) is 0 Å². The van der Waals surface area contributed by atoms with Gasteiger partial charge in [0, 0.05) is 6.54 Å². The van der Waals surface area contributed by atoms with Gasteiger partial charge in [0.2, 0.25) is 0 Å². The van der Waals surface area contributed by atoms with Gasteiger partial charge in [-0.25, -0.2) is 0 Å². The predicted octanol–water partition coefficient (Wildman–Crippen LogP) is 2.77. The number of hydrogen-bond acceptors (Lipinski definition) is 4. The Morgan fingerprint density at radius 3 is 2.30 bits per heavy atom. The van der Waals surface area contributed by atoms with Gasteiger partial charge in [0.05, 0.1) is 25.9 Å². The van der Waals surface area contributed by atoms with Crippen LogP contribution >= 0.6 is 0 Å². The molecule has 0 amide bonds. The number of hydrogen-bond donors (Lipinski definition) is 1. The third-order valence-corrected chi connectivity index (χ3v) is 4.03. The minimum absolute atomic E-state index is 0.0421. The summed E-state index contributed by atoms with van der Waals surface area (Å²) in [5, 5.41) is 11.3. The minimum atomic E-state index is -0.135. The Morgan fingerprint density at radius 2 is 1.65 bits per heavy atom. The Hall–Kier alpha value is -1.72. The molecule has 2 atom stereocenters. The lowest BCUT2D eigenvalue weighted by Crippen LogP contribution is -2.31. The first-order valence-corrected chi connectivity index (χ1v) is 8.05. The molecule has 2 aromatic rings. The SMILES string of the molecule is OC[C@H]1C[C@@H](COCc2ccccc2)N(Cc2ccccc2)O1. The van der Waals surface area contributed by atoms with Crippen molar-refractivity contribution in [2.24, 2.45) is 0 Å². The molecular formula is C19H23NO3. The van der Waals surface area contributed by atoms with Gasteiger partial charge < -0.3 is 9.84 Å². The molecule has 1 heterocycles. The highest BCUT2D eigenvalue weighted by Crippen LogP contribution is 2.23. The van der Waals surface area contributed by atoms with Crippen molar-refractivity contribution < 1.29 is 14.7 Å². The number of ether oxygens (including phenoxy) is 1. The zero-order valence-corrected chi connectivity index (χ0v) is 13.2. The lowest BCUT2D eigenvalue weighted by Gasteiger charge is -2.22. The maximum atomic E-state index is 9.38. The van der Waals surface area contributed by atoms with E-state index in [1.807, 2.05) is 41.5 Å². The van der Waals surface area contributed by atoms with Gasteiger partial charge in [-0.3, -0.25) is 4.84 Å². The second kappa shape index (κ2) is 8.22. The van der Waals surface area contributed by atoms with Gasteiger partial charge in [0.25, 0.3) is 0 Å². The van der Waals surface area contributed by atoms with E-state index in [4.69, 9.17) is 9.57 Å². The molecule has 0 radical (unpaired) electrons. The Morgan fingerprint density at radius 1 is 1.00 bits per heavy atom. The van der Waals surface area contributed by atoms with Gasteiger partial charge in [-0.2, -0.15) is 5.06 Å². The van der Waals surface area contributed by atoms with Gasteiger partial charge in [-0.05, 0) is 17.5 Å². The molecule has 4 heteroatoms. The second-order valence-corrected chi connectivity index (χ2v) is 5.86. The Kier molecular flexibility index (Phi) is 5.77. The highest BCUT2D eigenvalue weighted by atomic mass is 16.7. The molecule has 3 rings (SSSR count). The van der Waals surface area contributed by atoms with Crippen molar-refractivity contribution in [2.75, 3.05) is 13.2 Å². The van der Waals surface area contributed by atoms with Gasteiger partial charge in [0.1, 0.15) is 6.10 Å². The van der Waals surface area contributed by atoms with Gasteiger partial charge in [-0.1, -0.05) is 60.7 Å². The maximum absolute atomic E-state index is 9.38. The fraction of sp³-hybridized carbons (Fsp3) is 0.368. The molecule has 0 saturated carbocycles. The molecule has 1 aliphatic heterocycles. The number of nitrogens with zero attached hydrogens (tertiary/aromatic N) is 1. The quantitative estimate of drug-likeness (QED) is 0.853. The molecule has 23 heavy (non-hydrogen) atoms. The summed E-state index contributed by atoms with van der Waals surface area (Å²) in [5.41, 5.74) is 2.36. The molecule has 1 fully saturated rings. The fourth-order valence-electron chi connectivity index (χ4n) is 2.82. The van der Waals surface area contributed by atoms with Crippen molar-refractivity contribution in [3.05, 3.63) is 71.8 Å². The molecule has 0 spiro atoms. The van der Waals surface area contributed by atoms with Crippen LogP contribution in [0.4, 0.5) is 0 Å². The lowest BCUT2D eigenvalue weighted by molar-refractivity contribution is -0.183. The van der Waals surface area contributed by atoms with Gasteiger partial charge in [-0.15, -0.1) is 0 Å². The molecule has 0 unspecified atom stereocenters. The Bertz CT molecular complexity index is 576. The standard InChI is InChI=1S/C19H23NO3/c21-13-19-11-18(15-22-14-17-9-5-2-6-10-17)20(23-19)12-16-7-3-1-4-8-16/h1-10,18-19,21H,11-15H2/t18-,19+/m0/s1. The van der Waals surface area contributed by atoms with E-state index in [9.17, 15) is 5.11 Å². The summed E-state index contributed by atoms with van der Waals surface area (Å²) in [4.78, 5) is 5.83. The van der Waals surface area contributed by atoms with E-state index in [-0.39, 0.29) is 18.8 Å². The molecule has 0 aliphatic carbocycles. The van der Waals surface area contributed by atoms with Crippen LogP contribution < -0.4 is 0 Å². The van der Waals surface area contributed by atoms with Crippen LogP contribution in [0, 0.1) is 0 Å². The predicted molar refractivity (Wildman–Crippen MR) is 88.4 cm³/mol. The van der Waals surface area contributed by atoms with Crippen LogP contribution in [0.15, 0.2) is 60.7 Å². The molecule has 1 saturated heterocycles. The second-order valence-electron chi connectivity index (χ2n) is 5.86.